The smallest absolute Gasteiger partial charge is 0.161 e. The van der Waals surface area contributed by atoms with Crippen LogP contribution >= 0.6 is 11.6 Å². The van der Waals surface area contributed by atoms with Gasteiger partial charge >= 0.3 is 0 Å². The highest BCUT2D eigenvalue weighted by atomic mass is 35.5. The average molecular weight is 1020 g/mol. The van der Waals surface area contributed by atoms with E-state index in [-0.39, 0.29) is 16.7 Å². The van der Waals surface area contributed by atoms with Gasteiger partial charge in [0.25, 0.3) is 0 Å². The van der Waals surface area contributed by atoms with Crippen molar-refractivity contribution in [1.29, 1.82) is 0 Å². The van der Waals surface area contributed by atoms with Crippen molar-refractivity contribution in [2.45, 2.75) is 62.7 Å². The number of morpholine rings is 2. The van der Waals surface area contributed by atoms with Gasteiger partial charge < -0.3 is 34.1 Å². The van der Waals surface area contributed by atoms with Gasteiger partial charge in [-0.15, -0.1) is 0 Å². The number of hydrogen-bond donors (Lipinski definition) is 1. The molecule has 0 amide bonds. The van der Waals surface area contributed by atoms with Gasteiger partial charge in [-0.25, -0.2) is 19.9 Å². The van der Waals surface area contributed by atoms with Crippen molar-refractivity contribution >= 4 is 50.7 Å². The molecule has 4 fully saturated rings. The molecule has 13 heterocycles. The first-order chi connectivity index (χ1) is 36.9. The maximum atomic E-state index is 6.37. The van der Waals surface area contributed by atoms with Crippen LogP contribution in [0.25, 0.3) is 44.8 Å². The molecule has 4 saturated heterocycles. The van der Waals surface area contributed by atoms with E-state index in [1.807, 2.05) is 80.1 Å². The monoisotopic (exact) mass is 1020 g/mol. The molecule has 2 spiro atoms. The van der Waals surface area contributed by atoms with Gasteiger partial charge in [-0.3, -0.25) is 19.9 Å². The Labute approximate surface area is 442 Å². The quantitative estimate of drug-likeness (QED) is 0.174. The average Bonchev–Trinajstić information content (AvgIpc) is 3.98. The molecule has 384 valence electrons. The van der Waals surface area contributed by atoms with Crippen LogP contribution in [-0.2, 0) is 29.8 Å². The van der Waals surface area contributed by atoms with Crippen molar-refractivity contribution in [2.75, 3.05) is 101 Å². The normalized spacial score (nSPS) is 19.4. The fraction of sp³-hybridized carbons (Fsp3) is 0.390. The first kappa shape index (κ1) is 49.1. The molecule has 0 bridgehead atoms. The third kappa shape index (κ3) is 9.65. The summed E-state index contributed by atoms with van der Waals surface area (Å²) in [4.78, 5) is 42.2. The highest BCUT2D eigenvalue weighted by molar-refractivity contribution is 6.36. The van der Waals surface area contributed by atoms with E-state index in [1.165, 1.54) is 45.1 Å². The minimum absolute atomic E-state index is 0.0389. The Kier molecular flexibility index (Phi) is 14.1. The maximum absolute atomic E-state index is 6.37. The van der Waals surface area contributed by atoms with E-state index >= 15 is 0 Å². The number of rotatable bonds is 5. The standard InChI is InChI=1S/C30H31N5O2.C15H21N3O2.C14H10ClN3/c1-20-26(22-5-4-10-32-29(22)34-27(20)25-6-2-3-9-31-25)24-18-30(7-13-36-14-8-30)28-23(24)17-21(19-33-28)35-11-15-37-16-12-35;1-5-19-6-2-15(1)11-17-13-9-12(10-16-14(13)15)18-3-7-20-8-4-18;1-9-12(15)10-5-4-8-17-14(10)18-13(9)11-6-2-3-7-16-11/h2-6,9-10,17,19,24H,7-8,11-16,18H2,1H3;9-10,17H,1-8,11H2;2-8H,1H3. The van der Waals surface area contributed by atoms with Crippen molar-refractivity contribution in [3.8, 4) is 22.8 Å². The third-order valence-electron chi connectivity index (χ3n) is 16.2. The fourth-order valence-electron chi connectivity index (χ4n) is 12.1. The van der Waals surface area contributed by atoms with E-state index in [2.05, 4.69) is 66.4 Å². The van der Waals surface area contributed by atoms with Gasteiger partial charge in [0, 0.05) is 111 Å². The highest BCUT2D eigenvalue weighted by Crippen LogP contribution is 2.55. The number of hydrogen-bond acceptors (Lipinski definition) is 15. The van der Waals surface area contributed by atoms with E-state index in [0.717, 1.165) is 162 Å². The van der Waals surface area contributed by atoms with Crippen LogP contribution in [0.15, 0.2) is 110 Å². The van der Waals surface area contributed by atoms with Crippen LogP contribution in [0.1, 0.15) is 71.7 Å². The molecule has 5 aliphatic heterocycles. The van der Waals surface area contributed by atoms with Crippen molar-refractivity contribution < 1.29 is 18.9 Å². The summed E-state index contributed by atoms with van der Waals surface area (Å²) < 4.78 is 22.4. The van der Waals surface area contributed by atoms with Crippen molar-refractivity contribution in [1.82, 2.24) is 39.9 Å². The van der Waals surface area contributed by atoms with Crippen LogP contribution in [0.5, 0.6) is 0 Å². The number of aromatic nitrogens is 8. The van der Waals surface area contributed by atoms with E-state index in [1.54, 1.807) is 12.4 Å². The number of anilines is 3. The first-order valence-corrected chi connectivity index (χ1v) is 26.8. The zero-order chi connectivity index (χ0) is 50.8. The van der Waals surface area contributed by atoms with Crippen LogP contribution in [0, 0.1) is 13.8 Å². The molecule has 16 heteroatoms. The summed E-state index contributed by atoms with van der Waals surface area (Å²) in [5.41, 5.74) is 15.9. The minimum atomic E-state index is 0.0389. The lowest BCUT2D eigenvalue weighted by atomic mass is 9.75. The van der Waals surface area contributed by atoms with E-state index < -0.39 is 0 Å². The number of halogens is 1. The molecule has 1 atom stereocenters. The molecule has 1 unspecified atom stereocenters. The summed E-state index contributed by atoms with van der Waals surface area (Å²) in [6.07, 6.45) is 16.4. The Morgan fingerprint density at radius 3 is 1.67 bits per heavy atom. The number of nitrogens with one attached hydrogen (secondary N) is 1. The molecule has 6 aliphatic rings. The fourth-order valence-corrected chi connectivity index (χ4v) is 12.3. The van der Waals surface area contributed by atoms with Crippen LogP contribution in [0.2, 0.25) is 5.02 Å². The largest absolute Gasteiger partial charge is 0.383 e. The lowest BCUT2D eigenvalue weighted by Gasteiger charge is -2.34. The Bertz CT molecular complexity index is 3310. The van der Waals surface area contributed by atoms with Crippen LogP contribution in [0.4, 0.5) is 17.1 Å². The zero-order valence-electron chi connectivity index (χ0n) is 42.7. The predicted molar refractivity (Wildman–Crippen MR) is 293 cm³/mol. The van der Waals surface area contributed by atoms with Gasteiger partial charge in [0.2, 0.25) is 0 Å². The first-order valence-electron chi connectivity index (χ1n) is 26.4. The van der Waals surface area contributed by atoms with Gasteiger partial charge in [0.15, 0.2) is 11.3 Å². The van der Waals surface area contributed by atoms with Gasteiger partial charge in [0.1, 0.15) is 0 Å². The molecule has 1 aliphatic carbocycles. The molecular weight excluding hydrogens is 962 g/mol. The van der Waals surface area contributed by atoms with Crippen LogP contribution in [-0.4, -0.2) is 125 Å². The SMILES string of the molecule is Cc1c(-c2ccccn2)nc2ncccc2c1C1CC2(CCOCC2)c2ncc(N3CCOCC3)cc21.Cc1c(-c2ccccn2)nc2ncccc2c1Cl.c1nc2c(cc1N1CCOCC1)NCC21CCOCC1. The molecule has 8 aromatic heterocycles. The summed E-state index contributed by atoms with van der Waals surface area (Å²) in [5.74, 6) is 0.207. The molecule has 0 aromatic carbocycles. The molecule has 14 rings (SSSR count). The number of ether oxygens (including phenoxy) is 4. The lowest BCUT2D eigenvalue weighted by molar-refractivity contribution is 0.0483. The minimum Gasteiger partial charge on any atom is -0.383 e. The van der Waals surface area contributed by atoms with E-state index in [0.29, 0.717) is 10.7 Å². The molecule has 0 saturated carbocycles. The van der Waals surface area contributed by atoms with Crippen molar-refractivity contribution in [3.63, 3.8) is 0 Å². The summed E-state index contributed by atoms with van der Waals surface area (Å²) in [6, 6.07) is 24.4. The molecular formula is C59H62ClN11O4. The van der Waals surface area contributed by atoms with Gasteiger partial charge in [-0.05, 0) is 129 Å². The predicted octanol–water partition coefficient (Wildman–Crippen LogP) is 9.86. The summed E-state index contributed by atoms with van der Waals surface area (Å²) >= 11 is 6.37. The third-order valence-corrected chi connectivity index (χ3v) is 16.7. The zero-order valence-corrected chi connectivity index (χ0v) is 43.4. The molecule has 8 aromatic rings. The Morgan fingerprint density at radius 2 is 1.07 bits per heavy atom. The Hall–Kier alpha value is -6.75. The molecule has 15 nitrogen and oxygen atoms in total. The number of pyridine rings is 8. The topological polar surface area (TPSA) is 159 Å². The maximum Gasteiger partial charge on any atom is 0.161 e. The summed E-state index contributed by atoms with van der Waals surface area (Å²) in [5, 5.41) is 6.25. The second-order valence-electron chi connectivity index (χ2n) is 20.4. The second-order valence-corrected chi connectivity index (χ2v) is 20.8. The number of nitrogens with zero attached hydrogens (tertiary/aromatic N) is 10. The Morgan fingerprint density at radius 1 is 0.547 bits per heavy atom. The van der Waals surface area contributed by atoms with E-state index in [4.69, 9.17) is 50.5 Å². The number of fused-ring (bicyclic) bond motifs is 6. The van der Waals surface area contributed by atoms with Crippen molar-refractivity contribution in [3.05, 3.63) is 149 Å². The van der Waals surface area contributed by atoms with Crippen LogP contribution in [0.3, 0.4) is 0 Å². The highest BCUT2D eigenvalue weighted by Gasteiger charge is 2.48. The van der Waals surface area contributed by atoms with Crippen molar-refractivity contribution in [2.24, 2.45) is 0 Å². The lowest BCUT2D eigenvalue weighted by Crippen LogP contribution is -2.37. The van der Waals surface area contributed by atoms with E-state index in [9.17, 15) is 0 Å². The van der Waals surface area contributed by atoms with Gasteiger partial charge in [-0.2, -0.15) is 0 Å². The molecule has 1 N–H and O–H groups in total. The summed E-state index contributed by atoms with van der Waals surface area (Å²) in [7, 11) is 0. The Balaban J connectivity index is 0.000000126. The second kappa shape index (κ2) is 21.5. The molecule has 0 radical (unpaired) electrons. The summed E-state index contributed by atoms with van der Waals surface area (Å²) in [6.45, 7) is 15.3. The van der Waals surface area contributed by atoms with Crippen LogP contribution < -0.4 is 15.1 Å². The van der Waals surface area contributed by atoms with Gasteiger partial charge in [0.05, 0.1) is 95.1 Å². The molecule has 75 heavy (non-hydrogen) atoms. The van der Waals surface area contributed by atoms with Gasteiger partial charge in [-0.1, -0.05) is 23.7 Å².